The zero-order valence-corrected chi connectivity index (χ0v) is 14.2. The lowest BCUT2D eigenvalue weighted by molar-refractivity contribution is 1.04. The molecule has 104 valence electrons. The Bertz CT molecular complexity index is 646. The average Bonchev–Trinajstić information content (AvgIpc) is 2.91. The highest BCUT2D eigenvalue weighted by molar-refractivity contribution is 7.12. The molecule has 0 aromatic carbocycles. The third-order valence-electron chi connectivity index (χ3n) is 3.82. The molecule has 0 saturated heterocycles. The molecule has 0 bridgehead atoms. The van der Waals surface area contributed by atoms with Gasteiger partial charge in [-0.2, -0.15) is 0 Å². The Morgan fingerprint density at radius 3 is 1.40 bits per heavy atom. The molecule has 0 saturated carbocycles. The minimum absolute atomic E-state index is 1.16. The van der Waals surface area contributed by atoms with E-state index in [1.807, 2.05) is 22.7 Å². The molecule has 0 amide bonds. The first-order valence-electron chi connectivity index (χ1n) is 7.12. The molecular weight excluding hydrogens is 280 g/mol. The van der Waals surface area contributed by atoms with E-state index in [9.17, 15) is 0 Å². The zero-order valence-electron chi connectivity index (χ0n) is 12.5. The highest BCUT2D eigenvalue weighted by Crippen LogP contribution is 2.41. The molecule has 0 N–H and O–H groups in total. The van der Waals surface area contributed by atoms with Crippen molar-refractivity contribution >= 4 is 33.8 Å². The summed E-state index contributed by atoms with van der Waals surface area (Å²) in [6, 6.07) is 4.69. The Balaban J connectivity index is 2.10. The van der Waals surface area contributed by atoms with Crippen molar-refractivity contribution in [3.05, 3.63) is 54.9 Å². The highest BCUT2D eigenvalue weighted by Gasteiger charge is 2.18. The van der Waals surface area contributed by atoms with Gasteiger partial charge in [0, 0.05) is 19.5 Å². The first-order valence-corrected chi connectivity index (χ1v) is 8.75. The fourth-order valence-corrected chi connectivity index (χ4v) is 4.86. The van der Waals surface area contributed by atoms with E-state index in [1.165, 1.54) is 41.8 Å². The molecule has 2 aromatic rings. The molecule has 0 unspecified atom stereocenters. The molecule has 0 atom stereocenters. The predicted octanol–water partition coefficient (Wildman–Crippen LogP) is 6.30. The van der Waals surface area contributed by atoms with Gasteiger partial charge >= 0.3 is 0 Å². The van der Waals surface area contributed by atoms with Crippen molar-refractivity contribution < 1.29 is 0 Å². The Labute approximate surface area is 129 Å². The summed E-state index contributed by atoms with van der Waals surface area (Å²) in [4.78, 5) is 5.68. The third-order valence-corrected chi connectivity index (χ3v) is 5.75. The molecule has 0 fully saturated rings. The molecule has 3 rings (SSSR count). The van der Waals surface area contributed by atoms with E-state index in [0.29, 0.717) is 0 Å². The average molecular weight is 300 g/mol. The van der Waals surface area contributed by atoms with Crippen molar-refractivity contribution in [3.63, 3.8) is 0 Å². The van der Waals surface area contributed by atoms with Crippen LogP contribution in [-0.2, 0) is 0 Å². The maximum atomic E-state index is 2.43. The first kappa shape index (κ1) is 13.8. The van der Waals surface area contributed by atoms with Gasteiger partial charge in [-0.3, -0.25) is 0 Å². The quantitative estimate of drug-likeness (QED) is 0.610. The standard InChI is InChI=1S/C18H20S2/c1-11-9-17(13(3)19-11)15-7-5-6-8-16(15)18-10-12(2)20-14(18)4/h7-10H,5-6H2,1-4H3. The summed E-state index contributed by atoms with van der Waals surface area (Å²) in [6.45, 7) is 8.89. The van der Waals surface area contributed by atoms with Crippen molar-refractivity contribution in [1.82, 2.24) is 0 Å². The van der Waals surface area contributed by atoms with Crippen LogP contribution in [-0.4, -0.2) is 0 Å². The highest BCUT2D eigenvalue weighted by atomic mass is 32.1. The van der Waals surface area contributed by atoms with Crippen molar-refractivity contribution in [2.45, 2.75) is 40.5 Å². The lowest BCUT2D eigenvalue weighted by Gasteiger charge is -2.17. The van der Waals surface area contributed by atoms with Crippen molar-refractivity contribution in [2.24, 2.45) is 0 Å². The van der Waals surface area contributed by atoms with E-state index >= 15 is 0 Å². The van der Waals surface area contributed by atoms with Crippen molar-refractivity contribution in [1.29, 1.82) is 0 Å². The molecule has 1 aliphatic rings. The summed E-state index contributed by atoms with van der Waals surface area (Å²) in [5, 5.41) is 0. The summed E-state index contributed by atoms with van der Waals surface area (Å²) in [5.74, 6) is 0. The van der Waals surface area contributed by atoms with Gasteiger partial charge < -0.3 is 0 Å². The third kappa shape index (κ3) is 2.43. The monoisotopic (exact) mass is 300 g/mol. The summed E-state index contributed by atoms with van der Waals surface area (Å²) in [5.41, 5.74) is 5.75. The summed E-state index contributed by atoms with van der Waals surface area (Å²) in [6.07, 6.45) is 7.18. The van der Waals surface area contributed by atoms with E-state index in [-0.39, 0.29) is 0 Å². The van der Waals surface area contributed by atoms with Crippen LogP contribution in [0.1, 0.15) is 43.5 Å². The molecular formula is C18H20S2. The van der Waals surface area contributed by atoms with Gasteiger partial charge in [0.05, 0.1) is 0 Å². The fraction of sp³-hybridized carbons (Fsp3) is 0.333. The maximum absolute atomic E-state index is 2.43. The second-order valence-electron chi connectivity index (χ2n) is 5.47. The van der Waals surface area contributed by atoms with Crippen LogP contribution in [0.25, 0.3) is 11.1 Å². The molecule has 2 aromatic heterocycles. The Morgan fingerprint density at radius 2 is 1.10 bits per heavy atom. The van der Waals surface area contributed by atoms with Crippen LogP contribution in [0.15, 0.2) is 24.3 Å². The van der Waals surface area contributed by atoms with Crippen LogP contribution in [0.3, 0.4) is 0 Å². The van der Waals surface area contributed by atoms with Crippen LogP contribution in [0.5, 0.6) is 0 Å². The zero-order chi connectivity index (χ0) is 14.3. The van der Waals surface area contributed by atoms with E-state index in [4.69, 9.17) is 0 Å². The van der Waals surface area contributed by atoms with E-state index < -0.39 is 0 Å². The SMILES string of the molecule is Cc1cc(C2=CCCC=C2c2cc(C)sc2C)c(C)s1. The smallest absolute Gasteiger partial charge is 0.00955 e. The Kier molecular flexibility index (Phi) is 3.70. The topological polar surface area (TPSA) is 0 Å². The molecule has 2 heteroatoms. The van der Waals surface area contributed by atoms with Crippen LogP contribution >= 0.6 is 22.7 Å². The second kappa shape index (κ2) is 5.34. The maximum Gasteiger partial charge on any atom is 0.00955 e. The van der Waals surface area contributed by atoms with Gasteiger partial charge in [0.15, 0.2) is 0 Å². The molecule has 2 heterocycles. The minimum Gasteiger partial charge on any atom is -0.145 e. The number of thiophene rings is 2. The molecule has 0 spiro atoms. The van der Waals surface area contributed by atoms with E-state index in [2.05, 4.69) is 52.0 Å². The largest absolute Gasteiger partial charge is 0.145 e. The number of allylic oxidation sites excluding steroid dienone is 4. The number of hydrogen-bond acceptors (Lipinski definition) is 2. The van der Waals surface area contributed by atoms with Crippen LogP contribution in [0, 0.1) is 27.7 Å². The van der Waals surface area contributed by atoms with Crippen molar-refractivity contribution in [3.8, 4) is 0 Å². The van der Waals surface area contributed by atoms with Gasteiger partial charge in [0.2, 0.25) is 0 Å². The lowest BCUT2D eigenvalue weighted by atomic mass is 9.88. The molecule has 0 radical (unpaired) electrons. The minimum atomic E-state index is 1.16. The van der Waals surface area contributed by atoms with Gasteiger partial charge in [-0.1, -0.05) is 12.2 Å². The fourth-order valence-electron chi connectivity index (χ4n) is 2.98. The van der Waals surface area contributed by atoms with Gasteiger partial charge in [0.1, 0.15) is 0 Å². The summed E-state index contributed by atoms with van der Waals surface area (Å²) in [7, 11) is 0. The Hall–Kier alpha value is -1.12. The van der Waals surface area contributed by atoms with Gasteiger partial charge in [-0.15, -0.1) is 22.7 Å². The van der Waals surface area contributed by atoms with E-state index in [0.717, 1.165) is 12.8 Å². The molecule has 1 aliphatic carbocycles. The predicted molar refractivity (Wildman–Crippen MR) is 92.8 cm³/mol. The molecule has 0 aliphatic heterocycles. The van der Waals surface area contributed by atoms with Crippen LogP contribution in [0.2, 0.25) is 0 Å². The number of rotatable bonds is 2. The van der Waals surface area contributed by atoms with Crippen molar-refractivity contribution in [2.75, 3.05) is 0 Å². The normalized spacial score (nSPS) is 15.2. The number of aryl methyl sites for hydroxylation is 4. The van der Waals surface area contributed by atoms with Gasteiger partial charge in [-0.25, -0.2) is 0 Å². The summed E-state index contributed by atoms with van der Waals surface area (Å²) >= 11 is 3.81. The van der Waals surface area contributed by atoms with Crippen LogP contribution < -0.4 is 0 Å². The molecule has 20 heavy (non-hydrogen) atoms. The van der Waals surface area contributed by atoms with Crippen LogP contribution in [0.4, 0.5) is 0 Å². The van der Waals surface area contributed by atoms with Gasteiger partial charge in [0.25, 0.3) is 0 Å². The van der Waals surface area contributed by atoms with E-state index in [1.54, 1.807) is 0 Å². The van der Waals surface area contributed by atoms with Gasteiger partial charge in [-0.05, 0) is 74.9 Å². The first-order chi connectivity index (χ1) is 9.56. The second-order valence-corrected chi connectivity index (χ2v) is 8.39. The number of hydrogen-bond donors (Lipinski definition) is 0. The lowest BCUT2D eigenvalue weighted by Crippen LogP contribution is -1.95. The summed E-state index contributed by atoms with van der Waals surface area (Å²) < 4.78 is 0. The molecule has 0 nitrogen and oxygen atoms in total. The Morgan fingerprint density at radius 1 is 0.700 bits per heavy atom.